The highest BCUT2D eigenvalue weighted by atomic mass is 79.9. The number of carbonyl (C=O) groups is 1. The molecule has 0 aliphatic carbocycles. The molecule has 0 radical (unpaired) electrons. The number of methoxy groups -OCH3 is 1. The number of amides is 1. The van der Waals surface area contributed by atoms with E-state index in [2.05, 4.69) is 47.9 Å². The molecular weight excluding hydrogens is 434 g/mol. The molecule has 8 heteroatoms. The highest BCUT2D eigenvalue weighted by molar-refractivity contribution is 9.10. The zero-order valence-electron chi connectivity index (χ0n) is 15.8. The molecule has 29 heavy (non-hydrogen) atoms. The molecular formula is C21H20BrN5O2. The number of anilines is 4. The van der Waals surface area contributed by atoms with E-state index in [0.717, 1.165) is 40.1 Å². The van der Waals surface area contributed by atoms with Crippen LogP contribution in [0.1, 0.15) is 11.1 Å². The first kappa shape index (κ1) is 19.2. The lowest BCUT2D eigenvalue weighted by atomic mass is 10.1. The molecule has 1 aliphatic rings. The van der Waals surface area contributed by atoms with Crippen molar-refractivity contribution in [1.82, 2.24) is 9.97 Å². The minimum Gasteiger partial charge on any atom is -0.497 e. The van der Waals surface area contributed by atoms with Crippen LogP contribution in [0.4, 0.5) is 23.1 Å². The van der Waals surface area contributed by atoms with Gasteiger partial charge in [0, 0.05) is 24.1 Å². The zero-order valence-corrected chi connectivity index (χ0v) is 17.4. The van der Waals surface area contributed by atoms with Gasteiger partial charge in [0.2, 0.25) is 11.9 Å². The number of carbonyl (C=O) groups excluding carboxylic acids is 1. The van der Waals surface area contributed by atoms with Crippen molar-refractivity contribution in [3.63, 3.8) is 0 Å². The maximum absolute atomic E-state index is 11.5. The van der Waals surface area contributed by atoms with E-state index in [1.54, 1.807) is 13.3 Å². The van der Waals surface area contributed by atoms with Crippen molar-refractivity contribution in [2.75, 3.05) is 29.6 Å². The molecule has 0 spiro atoms. The Morgan fingerprint density at radius 3 is 3.00 bits per heavy atom. The van der Waals surface area contributed by atoms with Crippen LogP contribution < -0.4 is 20.7 Å². The molecule has 2 aromatic carbocycles. The summed E-state index contributed by atoms with van der Waals surface area (Å²) < 4.78 is 6.05. The average Bonchev–Trinajstić information content (AvgIpc) is 3.10. The summed E-state index contributed by atoms with van der Waals surface area (Å²) in [6, 6.07) is 13.7. The van der Waals surface area contributed by atoms with Crippen LogP contribution in [0, 0.1) is 0 Å². The number of rotatable bonds is 7. The van der Waals surface area contributed by atoms with Crippen molar-refractivity contribution in [2.45, 2.75) is 12.8 Å². The maximum atomic E-state index is 11.5. The first-order valence-electron chi connectivity index (χ1n) is 9.20. The number of benzene rings is 2. The summed E-state index contributed by atoms with van der Waals surface area (Å²) in [4.78, 5) is 20.4. The SMILES string of the molecule is COc1cccc(CCNc2nc(Nc3ccc4c(c3)CC(=O)N4)ncc2Br)c1. The van der Waals surface area contributed by atoms with Gasteiger partial charge in [0.15, 0.2) is 0 Å². The van der Waals surface area contributed by atoms with E-state index in [-0.39, 0.29) is 5.91 Å². The number of aromatic nitrogens is 2. The van der Waals surface area contributed by atoms with Crippen molar-refractivity contribution in [3.8, 4) is 5.75 Å². The first-order valence-corrected chi connectivity index (χ1v) is 9.99. The number of ether oxygens (including phenoxy) is 1. The number of halogens is 1. The Kier molecular flexibility index (Phi) is 5.62. The second-order valence-corrected chi connectivity index (χ2v) is 7.49. The molecule has 0 fully saturated rings. The van der Waals surface area contributed by atoms with Gasteiger partial charge in [0.25, 0.3) is 0 Å². The van der Waals surface area contributed by atoms with Crippen LogP contribution in [0.2, 0.25) is 0 Å². The van der Waals surface area contributed by atoms with Crippen LogP contribution in [0.25, 0.3) is 0 Å². The van der Waals surface area contributed by atoms with Crippen LogP contribution in [0.15, 0.2) is 53.1 Å². The molecule has 1 aliphatic heterocycles. The minimum atomic E-state index is 0.0135. The Hall–Kier alpha value is -3.13. The van der Waals surface area contributed by atoms with Crippen molar-refractivity contribution < 1.29 is 9.53 Å². The molecule has 0 bridgehead atoms. The second-order valence-electron chi connectivity index (χ2n) is 6.64. The molecule has 0 saturated carbocycles. The van der Waals surface area contributed by atoms with E-state index in [9.17, 15) is 4.79 Å². The third kappa shape index (κ3) is 4.65. The molecule has 0 saturated heterocycles. The third-order valence-corrected chi connectivity index (χ3v) is 5.15. The fraction of sp³-hybridized carbons (Fsp3) is 0.190. The first-order chi connectivity index (χ1) is 14.1. The van der Waals surface area contributed by atoms with Gasteiger partial charge < -0.3 is 20.7 Å². The summed E-state index contributed by atoms with van der Waals surface area (Å²) in [7, 11) is 1.67. The topological polar surface area (TPSA) is 88.2 Å². The fourth-order valence-electron chi connectivity index (χ4n) is 3.14. The summed E-state index contributed by atoms with van der Waals surface area (Å²) in [6.45, 7) is 0.717. The molecule has 7 nitrogen and oxygen atoms in total. The molecule has 3 aromatic rings. The number of nitrogens with zero attached hydrogens (tertiary/aromatic N) is 2. The Bertz CT molecular complexity index is 1060. The van der Waals surface area contributed by atoms with Crippen molar-refractivity contribution in [1.29, 1.82) is 0 Å². The van der Waals surface area contributed by atoms with Gasteiger partial charge in [-0.15, -0.1) is 0 Å². The largest absolute Gasteiger partial charge is 0.497 e. The van der Waals surface area contributed by atoms with Crippen LogP contribution in [-0.2, 0) is 17.6 Å². The smallest absolute Gasteiger partial charge is 0.229 e. The van der Waals surface area contributed by atoms with Crippen LogP contribution >= 0.6 is 15.9 Å². The van der Waals surface area contributed by atoms with Gasteiger partial charge in [-0.05, 0) is 63.8 Å². The van der Waals surface area contributed by atoms with Crippen molar-refractivity contribution in [3.05, 3.63) is 64.3 Å². The van der Waals surface area contributed by atoms with E-state index < -0.39 is 0 Å². The van der Waals surface area contributed by atoms with Gasteiger partial charge in [-0.3, -0.25) is 4.79 Å². The Morgan fingerprint density at radius 1 is 1.24 bits per heavy atom. The predicted octanol–water partition coefficient (Wildman–Crippen LogP) is 4.14. The molecule has 148 valence electrons. The summed E-state index contributed by atoms with van der Waals surface area (Å²) in [5.74, 6) is 2.06. The highest BCUT2D eigenvalue weighted by Crippen LogP contribution is 2.28. The molecule has 0 unspecified atom stereocenters. The number of hydrogen-bond acceptors (Lipinski definition) is 6. The lowest BCUT2D eigenvalue weighted by molar-refractivity contribution is -0.115. The van der Waals surface area contributed by atoms with E-state index in [4.69, 9.17) is 4.74 Å². The van der Waals surface area contributed by atoms with Gasteiger partial charge in [-0.25, -0.2) is 4.98 Å². The molecule has 4 rings (SSSR count). The Labute approximate surface area is 177 Å². The summed E-state index contributed by atoms with van der Waals surface area (Å²) >= 11 is 3.49. The Morgan fingerprint density at radius 2 is 2.14 bits per heavy atom. The maximum Gasteiger partial charge on any atom is 0.229 e. The van der Waals surface area contributed by atoms with Gasteiger partial charge >= 0.3 is 0 Å². The summed E-state index contributed by atoms with van der Waals surface area (Å²) in [5.41, 5.74) is 3.84. The van der Waals surface area contributed by atoms with Crippen LogP contribution in [-0.4, -0.2) is 29.5 Å². The quantitative estimate of drug-likeness (QED) is 0.498. The normalized spacial score (nSPS) is 12.3. The minimum absolute atomic E-state index is 0.0135. The van der Waals surface area contributed by atoms with Gasteiger partial charge in [0.05, 0.1) is 18.0 Å². The average molecular weight is 454 g/mol. The molecule has 1 amide bonds. The molecule has 0 atom stereocenters. The molecule has 1 aromatic heterocycles. The number of nitrogens with one attached hydrogen (secondary N) is 3. The van der Waals surface area contributed by atoms with E-state index >= 15 is 0 Å². The van der Waals surface area contributed by atoms with Crippen molar-refractivity contribution >= 4 is 45.0 Å². The predicted molar refractivity (Wildman–Crippen MR) is 117 cm³/mol. The standard InChI is InChI=1S/C21H20BrN5O2/c1-29-16-4-2-3-13(9-16)7-8-23-20-17(22)12-24-21(27-20)25-15-5-6-18-14(10-15)11-19(28)26-18/h2-6,9-10,12H,7-8,11H2,1H3,(H,26,28)(H2,23,24,25,27). The molecule has 2 heterocycles. The zero-order chi connectivity index (χ0) is 20.2. The number of fused-ring (bicyclic) bond motifs is 1. The summed E-state index contributed by atoms with van der Waals surface area (Å²) in [6.07, 6.45) is 2.94. The second kappa shape index (κ2) is 8.48. The highest BCUT2D eigenvalue weighted by Gasteiger charge is 2.17. The van der Waals surface area contributed by atoms with E-state index in [1.165, 1.54) is 5.56 Å². The van der Waals surface area contributed by atoms with Crippen molar-refractivity contribution in [2.24, 2.45) is 0 Å². The number of hydrogen-bond donors (Lipinski definition) is 3. The Balaban J connectivity index is 1.41. The lowest BCUT2D eigenvalue weighted by Crippen LogP contribution is -2.09. The van der Waals surface area contributed by atoms with Crippen LogP contribution in [0.3, 0.4) is 0 Å². The lowest BCUT2D eigenvalue weighted by Gasteiger charge is -2.11. The third-order valence-electron chi connectivity index (χ3n) is 4.57. The van der Waals surface area contributed by atoms with Crippen LogP contribution in [0.5, 0.6) is 5.75 Å². The van der Waals surface area contributed by atoms with Gasteiger partial charge in [0.1, 0.15) is 11.6 Å². The van der Waals surface area contributed by atoms with Gasteiger partial charge in [-0.1, -0.05) is 12.1 Å². The van der Waals surface area contributed by atoms with E-state index in [0.29, 0.717) is 18.2 Å². The summed E-state index contributed by atoms with van der Waals surface area (Å²) in [5, 5.41) is 9.37. The van der Waals surface area contributed by atoms with Gasteiger partial charge in [-0.2, -0.15) is 4.98 Å². The molecule has 3 N–H and O–H groups in total. The monoisotopic (exact) mass is 453 g/mol. The fourth-order valence-corrected chi connectivity index (χ4v) is 3.47. The van der Waals surface area contributed by atoms with E-state index in [1.807, 2.05) is 36.4 Å².